The maximum absolute atomic E-state index is 12.8. The number of amides is 1. The number of pyridine rings is 1. The van der Waals surface area contributed by atoms with Crippen LogP contribution >= 0.6 is 35.0 Å². The molecule has 30 heavy (non-hydrogen) atoms. The van der Waals surface area contributed by atoms with Crippen molar-refractivity contribution < 1.29 is 13.2 Å². The first kappa shape index (κ1) is 23.3. The van der Waals surface area contributed by atoms with Crippen LogP contribution in [0.4, 0.5) is 5.69 Å². The van der Waals surface area contributed by atoms with Crippen molar-refractivity contribution in [1.29, 1.82) is 0 Å². The third-order valence-corrected chi connectivity index (χ3v) is 8.44. The summed E-state index contributed by atoms with van der Waals surface area (Å²) in [5.74, 6) is -0.264. The van der Waals surface area contributed by atoms with E-state index in [1.165, 1.54) is 28.3 Å². The second kappa shape index (κ2) is 9.84. The van der Waals surface area contributed by atoms with Gasteiger partial charge < -0.3 is 10.2 Å². The molecule has 11 heteroatoms. The van der Waals surface area contributed by atoms with Gasteiger partial charge in [0.2, 0.25) is 15.9 Å². The number of benzene rings is 1. The molecule has 1 amide bonds. The third kappa shape index (κ3) is 5.46. The summed E-state index contributed by atoms with van der Waals surface area (Å²) in [6.07, 6.45) is 1.34. The number of hydrogen-bond acceptors (Lipinski definition) is 6. The van der Waals surface area contributed by atoms with Crippen molar-refractivity contribution in [3.63, 3.8) is 0 Å². The Morgan fingerprint density at radius 1 is 1.17 bits per heavy atom. The molecule has 2 heterocycles. The standard InChI is InChI=1S/C19H22Cl2N4O3S2/c1-13(19(26)23-16-5-3-4-15(20)18(16)21)29-17-7-6-14(12-22-17)30(27,28)25-10-8-24(2)9-11-25/h3-7,12-13H,8-11H2,1-2H3,(H,23,26)/t13-/m1/s1. The van der Waals surface area contributed by atoms with Crippen molar-refractivity contribution in [1.82, 2.24) is 14.2 Å². The van der Waals surface area contributed by atoms with Crippen LogP contribution in [0.2, 0.25) is 10.0 Å². The molecule has 1 aromatic heterocycles. The lowest BCUT2D eigenvalue weighted by Crippen LogP contribution is -2.47. The van der Waals surface area contributed by atoms with Gasteiger partial charge in [-0.1, -0.05) is 41.0 Å². The SMILES string of the molecule is C[C@@H](Sc1ccc(S(=O)(=O)N2CCN(C)CC2)cn1)C(=O)Nc1cccc(Cl)c1Cl. The maximum Gasteiger partial charge on any atom is 0.244 e. The van der Waals surface area contributed by atoms with E-state index in [1.54, 1.807) is 31.2 Å². The van der Waals surface area contributed by atoms with Crippen LogP contribution < -0.4 is 5.32 Å². The molecule has 0 bridgehead atoms. The Morgan fingerprint density at radius 2 is 1.87 bits per heavy atom. The van der Waals surface area contributed by atoms with Crippen molar-refractivity contribution in [3.05, 3.63) is 46.6 Å². The minimum atomic E-state index is -3.57. The van der Waals surface area contributed by atoms with Crippen LogP contribution in [0.1, 0.15) is 6.92 Å². The minimum absolute atomic E-state index is 0.152. The van der Waals surface area contributed by atoms with Crippen molar-refractivity contribution in [2.24, 2.45) is 0 Å². The van der Waals surface area contributed by atoms with Crippen molar-refractivity contribution in [2.45, 2.75) is 22.1 Å². The van der Waals surface area contributed by atoms with E-state index in [-0.39, 0.29) is 15.8 Å². The predicted octanol–water partition coefficient (Wildman–Crippen LogP) is 3.44. The van der Waals surface area contributed by atoms with E-state index in [0.717, 1.165) is 0 Å². The molecule has 0 spiro atoms. The van der Waals surface area contributed by atoms with Gasteiger partial charge in [0.25, 0.3) is 0 Å². The summed E-state index contributed by atoms with van der Waals surface area (Å²) in [5.41, 5.74) is 0.434. The summed E-state index contributed by atoms with van der Waals surface area (Å²) >= 11 is 13.3. The number of hydrogen-bond donors (Lipinski definition) is 1. The van der Waals surface area contributed by atoms with Crippen molar-refractivity contribution >= 4 is 56.6 Å². The van der Waals surface area contributed by atoms with Gasteiger partial charge in [0.1, 0.15) is 4.90 Å². The number of likely N-dealkylation sites (N-methyl/N-ethyl adjacent to an activating group) is 1. The van der Waals surface area contributed by atoms with Gasteiger partial charge in [-0.05, 0) is 38.2 Å². The van der Waals surface area contributed by atoms with E-state index < -0.39 is 15.3 Å². The molecule has 3 rings (SSSR count). The van der Waals surface area contributed by atoms with E-state index in [9.17, 15) is 13.2 Å². The third-order valence-electron chi connectivity index (χ3n) is 4.69. The molecule has 1 saturated heterocycles. The molecule has 1 atom stereocenters. The highest BCUT2D eigenvalue weighted by Crippen LogP contribution is 2.31. The molecule has 1 fully saturated rings. The highest BCUT2D eigenvalue weighted by Gasteiger charge is 2.28. The summed E-state index contributed by atoms with van der Waals surface area (Å²) < 4.78 is 27.0. The molecular formula is C19H22Cl2N4O3S2. The van der Waals surface area contributed by atoms with Crippen molar-refractivity contribution in [3.8, 4) is 0 Å². The quantitative estimate of drug-likeness (QED) is 0.626. The van der Waals surface area contributed by atoms with Gasteiger partial charge in [0.05, 0.1) is 26.0 Å². The molecule has 2 aromatic rings. The zero-order valence-electron chi connectivity index (χ0n) is 16.5. The maximum atomic E-state index is 12.8. The average molecular weight is 489 g/mol. The number of nitrogens with one attached hydrogen (secondary N) is 1. The molecular weight excluding hydrogens is 467 g/mol. The van der Waals surface area contributed by atoms with Crippen LogP contribution in [0.15, 0.2) is 46.5 Å². The van der Waals surface area contributed by atoms with Gasteiger partial charge in [-0.15, -0.1) is 0 Å². The van der Waals surface area contributed by atoms with Crippen LogP contribution in [0.25, 0.3) is 0 Å². The average Bonchev–Trinajstić information content (AvgIpc) is 2.72. The number of sulfonamides is 1. The highest BCUT2D eigenvalue weighted by molar-refractivity contribution is 8.00. The Balaban J connectivity index is 1.63. The Hall–Kier alpha value is -1.36. The number of rotatable bonds is 6. The van der Waals surface area contributed by atoms with Crippen LogP contribution in [0.5, 0.6) is 0 Å². The normalized spacial score (nSPS) is 16.9. The predicted molar refractivity (Wildman–Crippen MR) is 121 cm³/mol. The van der Waals surface area contributed by atoms with Gasteiger partial charge in [0.15, 0.2) is 0 Å². The topological polar surface area (TPSA) is 82.6 Å². The van der Waals surface area contributed by atoms with Crippen LogP contribution in [-0.2, 0) is 14.8 Å². The Labute approximate surface area is 190 Å². The summed E-state index contributed by atoms with van der Waals surface area (Å²) in [6.45, 7) is 4.04. The molecule has 1 aromatic carbocycles. The summed E-state index contributed by atoms with van der Waals surface area (Å²) in [6, 6.07) is 8.15. The van der Waals surface area contributed by atoms with Crippen molar-refractivity contribution in [2.75, 3.05) is 38.5 Å². The second-order valence-corrected chi connectivity index (χ2v) is 11.0. The molecule has 1 aliphatic rings. The fraction of sp³-hybridized carbons (Fsp3) is 0.368. The lowest BCUT2D eigenvalue weighted by Gasteiger charge is -2.31. The van der Waals surface area contributed by atoms with E-state index >= 15 is 0 Å². The molecule has 0 aliphatic carbocycles. The number of carbonyl (C=O) groups is 1. The number of aromatic nitrogens is 1. The van der Waals surface area contributed by atoms with Crippen LogP contribution in [0, 0.1) is 0 Å². The molecule has 1 aliphatic heterocycles. The lowest BCUT2D eigenvalue weighted by atomic mass is 10.3. The Kier molecular flexibility index (Phi) is 7.65. The summed E-state index contributed by atoms with van der Waals surface area (Å²) in [4.78, 5) is 18.9. The minimum Gasteiger partial charge on any atom is -0.324 e. The number of nitrogens with zero attached hydrogens (tertiary/aromatic N) is 3. The molecule has 0 unspecified atom stereocenters. The molecule has 0 radical (unpaired) electrons. The van der Waals surface area contributed by atoms with Gasteiger partial charge in [-0.2, -0.15) is 4.31 Å². The monoisotopic (exact) mass is 488 g/mol. The summed E-state index contributed by atoms with van der Waals surface area (Å²) in [5, 5.41) is 3.45. The zero-order valence-corrected chi connectivity index (χ0v) is 19.7. The van der Waals surface area contributed by atoms with Gasteiger partial charge in [-0.3, -0.25) is 4.79 Å². The van der Waals surface area contributed by atoms with E-state index in [0.29, 0.717) is 41.9 Å². The lowest BCUT2D eigenvalue weighted by molar-refractivity contribution is -0.115. The number of anilines is 1. The first-order valence-electron chi connectivity index (χ1n) is 9.25. The fourth-order valence-electron chi connectivity index (χ4n) is 2.84. The molecule has 162 valence electrons. The molecule has 1 N–H and O–H groups in total. The molecule has 0 saturated carbocycles. The molecule has 7 nitrogen and oxygen atoms in total. The van der Waals surface area contributed by atoms with Crippen LogP contribution in [-0.4, -0.2) is 67.0 Å². The van der Waals surface area contributed by atoms with Crippen LogP contribution in [0.3, 0.4) is 0 Å². The summed E-state index contributed by atoms with van der Waals surface area (Å²) in [7, 11) is -1.60. The highest BCUT2D eigenvalue weighted by atomic mass is 35.5. The first-order chi connectivity index (χ1) is 14.2. The number of carbonyl (C=O) groups excluding carboxylic acids is 1. The number of thioether (sulfide) groups is 1. The zero-order chi connectivity index (χ0) is 21.9. The van der Waals surface area contributed by atoms with E-state index in [1.807, 2.05) is 7.05 Å². The van der Waals surface area contributed by atoms with Gasteiger partial charge >= 0.3 is 0 Å². The van der Waals surface area contributed by atoms with Gasteiger partial charge in [0, 0.05) is 32.4 Å². The second-order valence-electron chi connectivity index (χ2n) is 6.89. The Bertz CT molecular complexity index is 1010. The number of piperazine rings is 1. The van der Waals surface area contributed by atoms with E-state index in [4.69, 9.17) is 23.2 Å². The largest absolute Gasteiger partial charge is 0.324 e. The first-order valence-corrected chi connectivity index (χ1v) is 12.3. The fourth-order valence-corrected chi connectivity index (χ4v) is 5.34. The number of halogens is 2. The van der Waals surface area contributed by atoms with E-state index in [2.05, 4.69) is 15.2 Å². The Morgan fingerprint density at radius 3 is 2.50 bits per heavy atom. The smallest absolute Gasteiger partial charge is 0.244 e. The van der Waals surface area contributed by atoms with Gasteiger partial charge in [-0.25, -0.2) is 13.4 Å².